The Morgan fingerprint density at radius 3 is 2.90 bits per heavy atom. The SMILES string of the molecule is Cc1c(C(=O)OCCOc2ccccc2Cl)sc2nc3n(c(=O)c12)CCCCC3. The van der Waals surface area contributed by atoms with Crippen LogP contribution in [0.3, 0.4) is 0 Å². The maximum absolute atomic E-state index is 13.0. The molecule has 6 nitrogen and oxygen atoms in total. The number of esters is 1. The van der Waals surface area contributed by atoms with E-state index in [1.165, 1.54) is 11.3 Å². The number of fused-ring (bicyclic) bond motifs is 2. The van der Waals surface area contributed by atoms with Crippen molar-refractivity contribution < 1.29 is 14.3 Å². The number of hydrogen-bond donors (Lipinski definition) is 0. The molecule has 0 fully saturated rings. The lowest BCUT2D eigenvalue weighted by molar-refractivity contribution is 0.0455. The molecule has 29 heavy (non-hydrogen) atoms. The molecule has 8 heteroatoms. The lowest BCUT2D eigenvalue weighted by atomic mass is 10.2. The highest BCUT2D eigenvalue weighted by atomic mass is 35.5. The van der Waals surface area contributed by atoms with Crippen molar-refractivity contribution in [2.75, 3.05) is 13.2 Å². The highest BCUT2D eigenvalue weighted by Gasteiger charge is 2.23. The summed E-state index contributed by atoms with van der Waals surface area (Å²) in [5.74, 6) is 0.893. The molecule has 1 aromatic carbocycles. The fourth-order valence-corrected chi connectivity index (χ4v) is 4.79. The summed E-state index contributed by atoms with van der Waals surface area (Å²) >= 11 is 7.26. The summed E-state index contributed by atoms with van der Waals surface area (Å²) in [6.45, 7) is 2.74. The van der Waals surface area contributed by atoms with Gasteiger partial charge >= 0.3 is 5.97 Å². The van der Waals surface area contributed by atoms with Crippen LogP contribution in [0.15, 0.2) is 29.1 Å². The number of hydrogen-bond acceptors (Lipinski definition) is 6. The van der Waals surface area contributed by atoms with E-state index in [4.69, 9.17) is 21.1 Å². The predicted molar refractivity (Wildman–Crippen MR) is 113 cm³/mol. The maximum Gasteiger partial charge on any atom is 0.348 e. The summed E-state index contributed by atoms with van der Waals surface area (Å²) in [5.41, 5.74) is 0.584. The molecule has 0 N–H and O–H groups in total. The quantitative estimate of drug-likeness (QED) is 0.442. The first-order chi connectivity index (χ1) is 14.1. The standard InChI is InChI=1S/C21H21ClN2O4S/c1-13-17-19(23-16-9-3-2-6-10-24(16)20(17)25)29-18(13)21(26)28-12-11-27-15-8-5-4-7-14(15)22/h4-5,7-8H,2-3,6,9-12H2,1H3. The molecule has 1 aliphatic heterocycles. The lowest BCUT2D eigenvalue weighted by Crippen LogP contribution is -2.24. The minimum atomic E-state index is -0.465. The van der Waals surface area contributed by atoms with Crippen LogP contribution in [0, 0.1) is 6.92 Å². The summed E-state index contributed by atoms with van der Waals surface area (Å²) in [5, 5.41) is 1.03. The zero-order valence-electron chi connectivity index (χ0n) is 16.1. The highest BCUT2D eigenvalue weighted by molar-refractivity contribution is 7.20. The van der Waals surface area contributed by atoms with Crippen LogP contribution in [0.5, 0.6) is 5.75 Å². The molecule has 0 saturated heterocycles. The van der Waals surface area contributed by atoms with Crippen LogP contribution in [0.1, 0.15) is 40.3 Å². The van der Waals surface area contributed by atoms with Crippen LogP contribution in [0.25, 0.3) is 10.2 Å². The fraction of sp³-hybridized carbons (Fsp3) is 0.381. The smallest absolute Gasteiger partial charge is 0.348 e. The minimum Gasteiger partial charge on any atom is -0.488 e. The third kappa shape index (κ3) is 4.02. The number of halogens is 1. The molecule has 3 aromatic rings. The Morgan fingerprint density at radius 1 is 1.24 bits per heavy atom. The number of carbonyl (C=O) groups is 1. The summed E-state index contributed by atoms with van der Waals surface area (Å²) in [7, 11) is 0. The topological polar surface area (TPSA) is 70.4 Å². The van der Waals surface area contributed by atoms with Gasteiger partial charge in [0.1, 0.15) is 34.5 Å². The van der Waals surface area contributed by atoms with E-state index in [2.05, 4.69) is 4.98 Å². The molecule has 0 unspecified atom stereocenters. The van der Waals surface area contributed by atoms with Crippen molar-refractivity contribution in [1.29, 1.82) is 0 Å². The number of aryl methyl sites for hydroxylation is 2. The molecule has 0 spiro atoms. The zero-order valence-corrected chi connectivity index (χ0v) is 17.6. The first-order valence-electron chi connectivity index (χ1n) is 9.63. The molecule has 152 valence electrons. The van der Waals surface area contributed by atoms with Crippen LogP contribution in [0.2, 0.25) is 5.02 Å². The number of aromatic nitrogens is 2. The number of carbonyl (C=O) groups excluding carboxylic acids is 1. The van der Waals surface area contributed by atoms with E-state index in [0.29, 0.717) is 38.0 Å². The number of nitrogens with zero attached hydrogens (tertiary/aromatic N) is 2. The Morgan fingerprint density at radius 2 is 2.07 bits per heavy atom. The van der Waals surface area contributed by atoms with Crippen molar-refractivity contribution in [3.05, 3.63) is 55.9 Å². The van der Waals surface area contributed by atoms with Crippen LogP contribution >= 0.6 is 22.9 Å². The number of benzene rings is 1. The highest BCUT2D eigenvalue weighted by Crippen LogP contribution is 2.29. The third-order valence-electron chi connectivity index (χ3n) is 5.01. The van der Waals surface area contributed by atoms with E-state index in [9.17, 15) is 9.59 Å². The average molecular weight is 433 g/mol. The van der Waals surface area contributed by atoms with Crippen LogP contribution in [-0.4, -0.2) is 28.7 Å². The van der Waals surface area contributed by atoms with Gasteiger partial charge in [-0.3, -0.25) is 9.36 Å². The third-order valence-corrected chi connectivity index (χ3v) is 6.49. The second-order valence-electron chi connectivity index (χ2n) is 6.95. The van der Waals surface area contributed by atoms with E-state index in [1.807, 2.05) is 12.1 Å². The van der Waals surface area contributed by atoms with Crippen LogP contribution in [-0.2, 0) is 17.7 Å². The molecular formula is C21H21ClN2O4S. The van der Waals surface area contributed by atoms with E-state index in [0.717, 1.165) is 31.5 Å². The zero-order chi connectivity index (χ0) is 20.4. The van der Waals surface area contributed by atoms with Gasteiger partial charge in [0.05, 0.1) is 10.4 Å². The average Bonchev–Trinajstić information content (AvgIpc) is 2.88. The fourth-order valence-electron chi connectivity index (χ4n) is 3.52. The first-order valence-corrected chi connectivity index (χ1v) is 10.8. The summed E-state index contributed by atoms with van der Waals surface area (Å²) in [6.07, 6.45) is 3.90. The Labute approximate surface area is 177 Å². The number of para-hydroxylation sites is 1. The maximum atomic E-state index is 13.0. The first kappa shape index (κ1) is 19.9. The molecule has 0 aliphatic carbocycles. The number of ether oxygens (including phenoxy) is 2. The Hall–Kier alpha value is -2.38. The number of thiophene rings is 1. The van der Waals surface area contributed by atoms with Gasteiger partial charge in [0.2, 0.25) is 0 Å². The van der Waals surface area contributed by atoms with Gasteiger partial charge in [-0.15, -0.1) is 11.3 Å². The van der Waals surface area contributed by atoms with Gasteiger partial charge in [-0.2, -0.15) is 0 Å². The van der Waals surface area contributed by atoms with Crippen molar-refractivity contribution in [2.45, 2.75) is 39.2 Å². The van der Waals surface area contributed by atoms with Crippen molar-refractivity contribution in [1.82, 2.24) is 9.55 Å². The molecule has 2 aromatic heterocycles. The van der Waals surface area contributed by atoms with E-state index < -0.39 is 5.97 Å². The molecule has 3 heterocycles. The number of rotatable bonds is 5. The summed E-state index contributed by atoms with van der Waals surface area (Å²) in [6, 6.07) is 7.12. The normalized spacial score (nSPS) is 13.7. The molecule has 0 atom stereocenters. The monoisotopic (exact) mass is 432 g/mol. The summed E-state index contributed by atoms with van der Waals surface area (Å²) < 4.78 is 12.7. The van der Waals surface area contributed by atoms with E-state index in [-0.39, 0.29) is 18.8 Å². The predicted octanol–water partition coefficient (Wildman–Crippen LogP) is 4.38. The molecular weight excluding hydrogens is 412 g/mol. The van der Waals surface area contributed by atoms with Crippen molar-refractivity contribution >= 4 is 39.1 Å². The lowest BCUT2D eigenvalue weighted by Gasteiger charge is -2.08. The van der Waals surface area contributed by atoms with Gasteiger partial charge in [0.25, 0.3) is 5.56 Å². The second-order valence-corrected chi connectivity index (χ2v) is 8.35. The van der Waals surface area contributed by atoms with Crippen molar-refractivity contribution in [3.8, 4) is 5.75 Å². The molecule has 0 radical (unpaired) electrons. The van der Waals surface area contributed by atoms with Crippen molar-refractivity contribution in [2.24, 2.45) is 0 Å². The summed E-state index contributed by atoms with van der Waals surface area (Å²) in [4.78, 5) is 31.3. The van der Waals surface area contributed by atoms with E-state index >= 15 is 0 Å². The second kappa shape index (κ2) is 8.55. The molecule has 4 rings (SSSR count). The van der Waals surface area contributed by atoms with Crippen molar-refractivity contribution in [3.63, 3.8) is 0 Å². The van der Waals surface area contributed by atoms with Gasteiger partial charge in [-0.25, -0.2) is 9.78 Å². The van der Waals surface area contributed by atoms with Gasteiger partial charge < -0.3 is 9.47 Å². The van der Waals surface area contributed by atoms with Gasteiger partial charge in [0.15, 0.2) is 0 Å². The molecule has 0 bridgehead atoms. The minimum absolute atomic E-state index is 0.0539. The van der Waals surface area contributed by atoms with Crippen LogP contribution in [0.4, 0.5) is 0 Å². The Balaban J connectivity index is 1.49. The molecule has 0 saturated carbocycles. The van der Waals surface area contributed by atoms with E-state index in [1.54, 1.807) is 23.6 Å². The largest absolute Gasteiger partial charge is 0.488 e. The van der Waals surface area contributed by atoms with Gasteiger partial charge in [0, 0.05) is 13.0 Å². The van der Waals surface area contributed by atoms with Gasteiger partial charge in [-0.1, -0.05) is 30.2 Å². The molecule has 0 amide bonds. The Kier molecular flexibility index (Phi) is 5.87. The molecule has 1 aliphatic rings. The van der Waals surface area contributed by atoms with Gasteiger partial charge in [-0.05, 0) is 37.5 Å². The van der Waals surface area contributed by atoms with Crippen LogP contribution < -0.4 is 10.3 Å². The Bertz CT molecular complexity index is 1120.